The van der Waals surface area contributed by atoms with Crippen LogP contribution in [-0.4, -0.2) is 11.9 Å². The summed E-state index contributed by atoms with van der Waals surface area (Å²) in [5.41, 5.74) is 6.56. The van der Waals surface area contributed by atoms with Crippen molar-refractivity contribution in [2.45, 2.75) is 25.8 Å². The number of amides is 1. The predicted octanol–water partition coefficient (Wildman–Crippen LogP) is 1.15. The van der Waals surface area contributed by atoms with Gasteiger partial charge < -0.3 is 0 Å². The van der Waals surface area contributed by atoms with Gasteiger partial charge in [-0.2, -0.15) is 5.26 Å². The topological polar surface area (TPSA) is 64.9 Å². The number of hydrogen-bond acceptors (Lipinski definition) is 3. The van der Waals surface area contributed by atoms with E-state index in [9.17, 15) is 4.79 Å². The molecule has 0 heterocycles. The third-order valence-corrected chi connectivity index (χ3v) is 2.08. The van der Waals surface area contributed by atoms with Crippen molar-refractivity contribution < 1.29 is 4.79 Å². The summed E-state index contributed by atoms with van der Waals surface area (Å²) in [6, 6.07) is 11.9. The van der Waals surface area contributed by atoms with Gasteiger partial charge in [0.05, 0.1) is 6.07 Å². The average Bonchev–Trinajstić information content (AvgIpc) is 2.28. The maximum Gasteiger partial charge on any atom is 0.248 e. The molecule has 0 fully saturated rings. The molecule has 84 valence electrons. The Morgan fingerprint density at radius 3 is 2.75 bits per heavy atom. The predicted molar refractivity (Wildman–Crippen MR) is 61.1 cm³/mol. The molecule has 1 aromatic carbocycles. The Kier molecular flexibility index (Phi) is 5.03. The van der Waals surface area contributed by atoms with E-state index in [0.29, 0.717) is 0 Å². The number of benzene rings is 1. The van der Waals surface area contributed by atoms with Crippen LogP contribution >= 0.6 is 0 Å². The molecular formula is C12H15N3O. The molecule has 0 bridgehead atoms. The molecular weight excluding hydrogens is 202 g/mol. The lowest BCUT2D eigenvalue weighted by molar-refractivity contribution is -0.121. The Bertz CT molecular complexity index is 370. The molecule has 2 N–H and O–H groups in total. The molecule has 0 aliphatic carbocycles. The molecule has 0 aliphatic rings. The minimum Gasteiger partial charge on any atom is -0.290 e. The third-order valence-electron chi connectivity index (χ3n) is 2.08. The molecule has 0 unspecified atom stereocenters. The fourth-order valence-corrected chi connectivity index (χ4v) is 1.34. The standard InChI is InChI=1S/C12H15N3O/c1-10(14-15-12(16)7-8-13)9-11-5-3-2-4-6-11/h2-6,10,14H,7,9H2,1H3,(H,15,16)/t10-/m1/s1. The molecule has 16 heavy (non-hydrogen) atoms. The molecule has 4 heteroatoms. The van der Waals surface area contributed by atoms with Crippen LogP contribution < -0.4 is 10.9 Å². The summed E-state index contributed by atoms with van der Waals surface area (Å²) in [4.78, 5) is 11.0. The number of nitrogens with zero attached hydrogens (tertiary/aromatic N) is 1. The quantitative estimate of drug-likeness (QED) is 0.727. The molecule has 0 spiro atoms. The van der Waals surface area contributed by atoms with Gasteiger partial charge in [0.25, 0.3) is 0 Å². The lowest BCUT2D eigenvalue weighted by Crippen LogP contribution is -2.43. The Balaban J connectivity index is 2.29. The van der Waals surface area contributed by atoms with Gasteiger partial charge >= 0.3 is 0 Å². The zero-order valence-corrected chi connectivity index (χ0v) is 9.23. The Labute approximate surface area is 95.2 Å². The maximum atomic E-state index is 11.0. The van der Waals surface area contributed by atoms with Gasteiger partial charge in [-0.3, -0.25) is 10.2 Å². The summed E-state index contributed by atoms with van der Waals surface area (Å²) in [7, 11) is 0. The Morgan fingerprint density at radius 1 is 1.44 bits per heavy atom. The highest BCUT2D eigenvalue weighted by atomic mass is 16.2. The largest absolute Gasteiger partial charge is 0.290 e. The second-order valence-corrected chi connectivity index (χ2v) is 3.62. The van der Waals surface area contributed by atoms with E-state index in [4.69, 9.17) is 5.26 Å². The zero-order chi connectivity index (χ0) is 11.8. The van der Waals surface area contributed by atoms with Gasteiger partial charge in [0.15, 0.2) is 0 Å². The smallest absolute Gasteiger partial charge is 0.248 e. The van der Waals surface area contributed by atoms with Crippen molar-refractivity contribution in [2.24, 2.45) is 0 Å². The fourth-order valence-electron chi connectivity index (χ4n) is 1.34. The van der Waals surface area contributed by atoms with Gasteiger partial charge in [-0.25, -0.2) is 5.43 Å². The molecule has 0 saturated carbocycles. The highest BCUT2D eigenvalue weighted by Crippen LogP contribution is 2.01. The molecule has 1 aromatic rings. The van der Waals surface area contributed by atoms with Gasteiger partial charge in [0, 0.05) is 6.04 Å². The van der Waals surface area contributed by atoms with Gasteiger partial charge in [-0.15, -0.1) is 0 Å². The minimum absolute atomic E-state index is 0.120. The minimum atomic E-state index is -0.303. The molecule has 1 atom stereocenters. The molecule has 0 aromatic heterocycles. The van der Waals surface area contributed by atoms with E-state index in [2.05, 4.69) is 10.9 Å². The summed E-state index contributed by atoms with van der Waals surface area (Å²) >= 11 is 0. The summed E-state index contributed by atoms with van der Waals surface area (Å²) in [5, 5.41) is 8.30. The molecule has 0 radical (unpaired) electrons. The van der Waals surface area contributed by atoms with Crippen LogP contribution in [0.25, 0.3) is 0 Å². The first-order chi connectivity index (χ1) is 7.72. The lowest BCUT2D eigenvalue weighted by atomic mass is 10.1. The van der Waals surface area contributed by atoms with Crippen molar-refractivity contribution in [3.8, 4) is 6.07 Å². The fraction of sp³-hybridized carbons (Fsp3) is 0.333. The molecule has 1 amide bonds. The Hall–Kier alpha value is -1.86. The first kappa shape index (κ1) is 12.2. The summed E-state index contributed by atoms with van der Waals surface area (Å²) in [5.74, 6) is -0.303. The van der Waals surface area contributed by atoms with E-state index in [-0.39, 0.29) is 18.4 Å². The van der Waals surface area contributed by atoms with Crippen molar-refractivity contribution in [3.63, 3.8) is 0 Å². The van der Waals surface area contributed by atoms with Crippen molar-refractivity contribution >= 4 is 5.91 Å². The van der Waals surface area contributed by atoms with Crippen molar-refractivity contribution in [2.75, 3.05) is 0 Å². The Morgan fingerprint density at radius 2 is 2.12 bits per heavy atom. The first-order valence-corrected chi connectivity index (χ1v) is 5.17. The van der Waals surface area contributed by atoms with Crippen molar-refractivity contribution in [3.05, 3.63) is 35.9 Å². The van der Waals surface area contributed by atoms with E-state index in [1.807, 2.05) is 37.3 Å². The van der Waals surface area contributed by atoms with Crippen LogP contribution in [0.1, 0.15) is 18.9 Å². The number of carbonyl (C=O) groups excluding carboxylic acids is 1. The zero-order valence-electron chi connectivity index (χ0n) is 9.23. The van der Waals surface area contributed by atoms with Crippen LogP contribution in [0.5, 0.6) is 0 Å². The van der Waals surface area contributed by atoms with Crippen LogP contribution in [0.4, 0.5) is 0 Å². The molecule has 0 aliphatic heterocycles. The van der Waals surface area contributed by atoms with E-state index in [0.717, 1.165) is 6.42 Å². The van der Waals surface area contributed by atoms with Crippen molar-refractivity contribution in [1.29, 1.82) is 5.26 Å². The molecule has 1 rings (SSSR count). The highest BCUT2D eigenvalue weighted by Gasteiger charge is 2.04. The van der Waals surface area contributed by atoms with E-state index in [1.165, 1.54) is 5.56 Å². The van der Waals surface area contributed by atoms with Crippen LogP contribution in [0.2, 0.25) is 0 Å². The number of nitriles is 1. The molecule has 0 saturated heterocycles. The van der Waals surface area contributed by atoms with Crippen LogP contribution in [0, 0.1) is 11.3 Å². The van der Waals surface area contributed by atoms with Crippen LogP contribution in [0.15, 0.2) is 30.3 Å². The summed E-state index contributed by atoms with van der Waals surface area (Å²) < 4.78 is 0. The number of nitrogens with one attached hydrogen (secondary N) is 2. The van der Waals surface area contributed by atoms with Gasteiger partial charge in [0.2, 0.25) is 5.91 Å². The van der Waals surface area contributed by atoms with Crippen LogP contribution in [-0.2, 0) is 11.2 Å². The van der Waals surface area contributed by atoms with Crippen LogP contribution in [0.3, 0.4) is 0 Å². The van der Waals surface area contributed by atoms with Gasteiger partial charge in [-0.1, -0.05) is 30.3 Å². The first-order valence-electron chi connectivity index (χ1n) is 5.17. The summed E-state index contributed by atoms with van der Waals surface area (Å²) in [6.45, 7) is 1.97. The summed E-state index contributed by atoms with van der Waals surface area (Å²) in [6.07, 6.45) is 0.707. The highest BCUT2D eigenvalue weighted by molar-refractivity contribution is 5.77. The van der Waals surface area contributed by atoms with E-state index in [1.54, 1.807) is 6.07 Å². The second-order valence-electron chi connectivity index (χ2n) is 3.62. The van der Waals surface area contributed by atoms with E-state index >= 15 is 0 Å². The maximum absolute atomic E-state index is 11.0. The number of carbonyl (C=O) groups is 1. The van der Waals surface area contributed by atoms with E-state index < -0.39 is 0 Å². The van der Waals surface area contributed by atoms with Gasteiger partial charge in [0.1, 0.15) is 6.42 Å². The lowest BCUT2D eigenvalue weighted by Gasteiger charge is -2.13. The second kappa shape index (κ2) is 6.59. The van der Waals surface area contributed by atoms with Crippen molar-refractivity contribution in [1.82, 2.24) is 10.9 Å². The number of hydrazine groups is 1. The SMILES string of the molecule is C[C@H](Cc1ccccc1)NNC(=O)CC#N. The normalized spacial score (nSPS) is 11.5. The number of hydrogen-bond donors (Lipinski definition) is 2. The molecule has 4 nitrogen and oxygen atoms in total. The van der Waals surface area contributed by atoms with Gasteiger partial charge in [-0.05, 0) is 18.9 Å². The monoisotopic (exact) mass is 217 g/mol. The third kappa shape index (κ3) is 4.58. The average molecular weight is 217 g/mol. The number of rotatable bonds is 5.